The zero-order valence-electron chi connectivity index (χ0n) is 34.6. The van der Waals surface area contributed by atoms with E-state index in [9.17, 15) is 1.37 Å². The summed E-state index contributed by atoms with van der Waals surface area (Å²) in [5.74, 6) is 1.33. The van der Waals surface area contributed by atoms with E-state index in [0.717, 1.165) is 43.7 Å². The summed E-state index contributed by atoms with van der Waals surface area (Å²) >= 11 is 0. The van der Waals surface area contributed by atoms with E-state index < -0.39 is 0 Å². The van der Waals surface area contributed by atoms with Gasteiger partial charge < -0.3 is 8.98 Å². The fraction of sp³-hybridized carbons (Fsp3) is 0. The summed E-state index contributed by atoms with van der Waals surface area (Å²) in [6.45, 7) is 0. The highest BCUT2D eigenvalue weighted by molar-refractivity contribution is 6.21. The van der Waals surface area contributed by atoms with E-state index in [4.69, 9.17) is 26.2 Å². The first-order valence-corrected chi connectivity index (χ1v) is 17.6. The average Bonchev–Trinajstić information content (AvgIpc) is 3.86. The Morgan fingerprint density at radius 1 is 0.463 bits per heavy atom. The largest absolute Gasteiger partial charge is 0.455 e. The van der Waals surface area contributed by atoms with Crippen LogP contribution in [0.25, 0.3) is 105 Å². The minimum atomic E-state index is -0.371. The van der Waals surface area contributed by atoms with Gasteiger partial charge in [-0.3, -0.25) is 0 Å². The molecule has 0 aliphatic rings. The number of hydrogen-bond acceptors (Lipinski definition) is 4. The number of nitrogens with zero attached hydrogens (tertiary/aromatic N) is 4. The molecule has 0 aliphatic heterocycles. The van der Waals surface area contributed by atoms with Gasteiger partial charge >= 0.3 is 0 Å². The summed E-state index contributed by atoms with van der Waals surface area (Å²) < 4.78 is 62.5. The maximum absolute atomic E-state index is 9.55. The van der Waals surface area contributed by atoms with Crippen LogP contribution < -0.4 is 0 Å². The van der Waals surface area contributed by atoms with Crippen molar-refractivity contribution in [3.05, 3.63) is 182 Å². The number of benzene rings is 8. The van der Waals surface area contributed by atoms with Crippen LogP contribution in [0.5, 0.6) is 0 Å². The number of rotatable bonds is 5. The Kier molecular flexibility index (Phi) is 5.55. The molecule has 0 aliphatic carbocycles. The summed E-state index contributed by atoms with van der Waals surface area (Å²) in [7, 11) is 0. The number of hydrogen-bond donors (Lipinski definition) is 0. The maximum atomic E-state index is 9.55. The van der Waals surface area contributed by atoms with Crippen molar-refractivity contribution in [2.75, 3.05) is 0 Å². The summed E-state index contributed by atoms with van der Waals surface area (Å²) in [5, 5.41) is 4.46. The highest BCUT2D eigenvalue weighted by atomic mass is 16.3. The van der Waals surface area contributed by atoms with Crippen LogP contribution in [0.4, 0.5) is 0 Å². The van der Waals surface area contributed by atoms with Crippen molar-refractivity contribution in [2.45, 2.75) is 0 Å². The zero-order valence-corrected chi connectivity index (χ0v) is 28.6. The van der Waals surface area contributed by atoms with Gasteiger partial charge in [0.05, 0.1) is 24.9 Å². The minimum Gasteiger partial charge on any atom is -0.455 e. The smallest absolute Gasteiger partial charge is 0.164 e. The van der Waals surface area contributed by atoms with Gasteiger partial charge in [0.2, 0.25) is 0 Å². The third-order valence-electron chi connectivity index (χ3n) is 10.0. The van der Waals surface area contributed by atoms with Crippen molar-refractivity contribution in [1.29, 1.82) is 0 Å². The summed E-state index contributed by atoms with van der Waals surface area (Å²) in [4.78, 5) is 14.9. The van der Waals surface area contributed by atoms with Crippen LogP contribution in [0, 0.1) is 0 Å². The topological polar surface area (TPSA) is 56.7 Å². The minimum absolute atomic E-state index is 0.0178. The molecular formula is C49H30N4O. The summed E-state index contributed by atoms with van der Waals surface area (Å²) in [6, 6.07) is 45.5. The first-order valence-electron chi connectivity index (χ1n) is 20.6. The molecule has 3 heterocycles. The lowest BCUT2D eigenvalue weighted by atomic mass is 9.97. The van der Waals surface area contributed by atoms with Crippen molar-refractivity contribution in [3.63, 3.8) is 0 Å². The van der Waals surface area contributed by atoms with Crippen molar-refractivity contribution < 1.29 is 12.6 Å². The molecule has 8 aromatic carbocycles. The molecular weight excluding hydrogens is 661 g/mol. The third kappa shape index (κ3) is 4.76. The van der Waals surface area contributed by atoms with Gasteiger partial charge in [-0.1, -0.05) is 145 Å². The molecule has 5 heteroatoms. The molecule has 0 atom stereocenters. The number of aromatic nitrogens is 4. The summed E-state index contributed by atoms with van der Waals surface area (Å²) in [5.41, 5.74) is 5.48. The first-order chi connectivity index (χ1) is 29.3. The molecule has 0 saturated heterocycles. The van der Waals surface area contributed by atoms with Crippen LogP contribution >= 0.6 is 0 Å². The second-order valence-electron chi connectivity index (χ2n) is 13.1. The number of furan rings is 1. The van der Waals surface area contributed by atoms with Gasteiger partial charge in [0.1, 0.15) is 11.2 Å². The second-order valence-corrected chi connectivity index (χ2v) is 13.1. The quantitative estimate of drug-likeness (QED) is 0.180. The Bertz CT molecular complexity index is 3510. The van der Waals surface area contributed by atoms with Crippen LogP contribution in [0.15, 0.2) is 186 Å². The molecule has 0 N–H and O–H groups in total. The van der Waals surface area contributed by atoms with E-state index in [1.54, 1.807) is 0 Å². The van der Waals surface area contributed by atoms with E-state index in [1.165, 1.54) is 6.07 Å². The predicted molar refractivity (Wildman–Crippen MR) is 221 cm³/mol. The average molecular weight is 697 g/mol. The molecule has 11 rings (SSSR count). The molecule has 54 heavy (non-hydrogen) atoms. The van der Waals surface area contributed by atoms with Crippen molar-refractivity contribution in [2.24, 2.45) is 0 Å². The maximum Gasteiger partial charge on any atom is 0.164 e. The van der Waals surface area contributed by atoms with Crippen molar-refractivity contribution in [1.82, 2.24) is 19.5 Å². The van der Waals surface area contributed by atoms with E-state index in [1.807, 2.05) is 103 Å². The third-order valence-corrected chi connectivity index (χ3v) is 10.0. The molecule has 0 bridgehead atoms. The van der Waals surface area contributed by atoms with Crippen LogP contribution in [0.1, 0.15) is 8.22 Å². The Morgan fingerprint density at radius 2 is 1.13 bits per heavy atom. The first kappa shape index (κ1) is 24.8. The Morgan fingerprint density at radius 3 is 1.91 bits per heavy atom. The second kappa shape index (κ2) is 12.1. The van der Waals surface area contributed by atoms with Gasteiger partial charge in [-0.25, -0.2) is 15.0 Å². The molecule has 0 fully saturated rings. The molecule has 252 valence electrons. The van der Waals surface area contributed by atoms with Crippen LogP contribution in [-0.2, 0) is 0 Å². The SMILES string of the molecule is [2H]c1cc([2H])c2oc3c(-c4cc(-c5nc(-c6ccccc6)nc(-c6ccccc6)n5)ccc4-n4c5ccccc5c5c6ccccc6ccc54)c([2H])c([2H])c([2H])c3c2c1[2H]. The van der Waals surface area contributed by atoms with Crippen LogP contribution in [0.2, 0.25) is 0 Å². The molecule has 0 spiro atoms. The van der Waals surface area contributed by atoms with Crippen LogP contribution in [-0.4, -0.2) is 19.5 Å². The van der Waals surface area contributed by atoms with E-state index in [0.29, 0.717) is 34.3 Å². The molecule has 0 saturated carbocycles. The van der Waals surface area contributed by atoms with Gasteiger partial charge in [0.15, 0.2) is 17.5 Å². The molecule has 11 aromatic rings. The van der Waals surface area contributed by atoms with Crippen molar-refractivity contribution >= 4 is 54.5 Å². The number of para-hydroxylation sites is 3. The van der Waals surface area contributed by atoms with E-state index >= 15 is 0 Å². The highest BCUT2D eigenvalue weighted by Gasteiger charge is 2.22. The highest BCUT2D eigenvalue weighted by Crippen LogP contribution is 2.43. The molecule has 0 amide bonds. The lowest BCUT2D eigenvalue weighted by Gasteiger charge is -2.16. The molecule has 5 nitrogen and oxygen atoms in total. The van der Waals surface area contributed by atoms with Gasteiger partial charge in [0, 0.05) is 49.4 Å². The van der Waals surface area contributed by atoms with Gasteiger partial charge in [-0.05, 0) is 47.1 Å². The normalized spacial score (nSPS) is 13.3. The lowest BCUT2D eigenvalue weighted by Crippen LogP contribution is -2.02. The van der Waals surface area contributed by atoms with Gasteiger partial charge in [0.25, 0.3) is 0 Å². The Hall–Kier alpha value is -7.37. The summed E-state index contributed by atoms with van der Waals surface area (Å²) in [6.07, 6.45) is 0. The van der Waals surface area contributed by atoms with E-state index in [2.05, 4.69) is 41.0 Å². The lowest BCUT2D eigenvalue weighted by molar-refractivity contribution is 0.670. The molecule has 0 radical (unpaired) electrons. The van der Waals surface area contributed by atoms with Gasteiger partial charge in [-0.15, -0.1) is 0 Å². The zero-order chi connectivity index (χ0) is 40.8. The van der Waals surface area contributed by atoms with Crippen LogP contribution in [0.3, 0.4) is 0 Å². The fourth-order valence-corrected chi connectivity index (χ4v) is 7.57. The fourth-order valence-electron chi connectivity index (χ4n) is 7.57. The Balaban J connectivity index is 1.28. The molecule has 3 aromatic heterocycles. The number of fused-ring (bicyclic) bond motifs is 8. The van der Waals surface area contributed by atoms with Gasteiger partial charge in [-0.2, -0.15) is 0 Å². The monoisotopic (exact) mass is 696 g/mol. The Labute approximate surface area is 318 Å². The van der Waals surface area contributed by atoms with Crippen molar-refractivity contribution in [3.8, 4) is 51.0 Å². The molecule has 0 unspecified atom stereocenters. The predicted octanol–water partition coefficient (Wildman–Crippen LogP) is 12.7. The van der Waals surface area contributed by atoms with E-state index in [-0.39, 0.29) is 63.8 Å². The standard InChI is InChI=1S/C49H30N4O/c1-3-15-32(16-4-1)47-50-48(33-17-5-2-6-18-33)52-49(51-47)34-27-28-42(40(30-34)38-23-13-22-37-36-20-10-12-25-44(36)54-46(37)38)53-41-24-11-9-21-39(41)45-35-19-8-7-14-31(35)26-29-43(45)53/h1-30H/i10D,13D,20D,22D,23D,25D.